The summed E-state index contributed by atoms with van der Waals surface area (Å²) in [5, 5.41) is 0. The lowest BCUT2D eigenvalue weighted by atomic mass is 10.1. The Kier molecular flexibility index (Phi) is 9.57. The minimum absolute atomic E-state index is 0.992. The zero-order valence-corrected chi connectivity index (χ0v) is 12.6. The fraction of sp³-hybridized carbons (Fsp3) is 0.500. The van der Waals surface area contributed by atoms with Crippen LogP contribution in [0.3, 0.4) is 0 Å². The van der Waals surface area contributed by atoms with E-state index in [0.29, 0.717) is 0 Å². The second kappa shape index (κ2) is 10.2. The van der Waals surface area contributed by atoms with Crippen molar-refractivity contribution in [3.05, 3.63) is 37.0 Å². The second-order valence-corrected chi connectivity index (χ2v) is 9.95. The normalized spacial score (nSPS) is 11.7. The Morgan fingerprint density at radius 2 is 1.65 bits per heavy atom. The SMILES string of the molecule is C=CC/C=C/CCCC/C=C/C#C[Si](C)(C)C. The molecule has 94 valence electrons. The Bertz CT molecular complexity index is 305. The molecule has 0 aromatic carbocycles. The molecule has 0 fully saturated rings. The predicted molar refractivity (Wildman–Crippen MR) is 82.7 cm³/mol. The van der Waals surface area contributed by atoms with Gasteiger partial charge in [-0.3, -0.25) is 0 Å². The first kappa shape index (κ1) is 16.0. The van der Waals surface area contributed by atoms with Crippen molar-refractivity contribution in [2.24, 2.45) is 0 Å². The first-order valence-electron chi connectivity index (χ1n) is 6.50. The van der Waals surface area contributed by atoms with E-state index in [1.807, 2.05) is 12.2 Å². The first-order valence-corrected chi connectivity index (χ1v) is 10.00. The molecule has 0 bridgehead atoms. The molecule has 0 spiro atoms. The average molecular weight is 246 g/mol. The van der Waals surface area contributed by atoms with Gasteiger partial charge in [0.05, 0.1) is 0 Å². The van der Waals surface area contributed by atoms with Gasteiger partial charge in [0.1, 0.15) is 8.07 Å². The highest BCUT2D eigenvalue weighted by atomic mass is 28.3. The molecule has 0 heterocycles. The highest BCUT2D eigenvalue weighted by Crippen LogP contribution is 2.02. The Morgan fingerprint density at radius 3 is 2.24 bits per heavy atom. The standard InChI is InChI=1S/C16H26Si/c1-5-6-7-8-9-10-11-12-13-14-15-16-17(2,3)4/h5,7-8,13-14H,1,6,9-12H2,2-4H3/b8-7+,14-13+. The maximum atomic E-state index is 3.68. The van der Waals surface area contributed by atoms with E-state index in [2.05, 4.69) is 55.9 Å². The predicted octanol–water partition coefficient (Wildman–Crippen LogP) is 5.12. The van der Waals surface area contributed by atoms with Crippen molar-refractivity contribution in [3.63, 3.8) is 0 Å². The number of allylic oxidation sites excluding steroid dienone is 5. The summed E-state index contributed by atoms with van der Waals surface area (Å²) in [6.45, 7) is 10.5. The van der Waals surface area contributed by atoms with Gasteiger partial charge >= 0.3 is 0 Å². The smallest absolute Gasteiger partial charge is 0.127 e. The molecule has 0 saturated heterocycles. The van der Waals surface area contributed by atoms with Crippen LogP contribution in [-0.4, -0.2) is 8.07 Å². The van der Waals surface area contributed by atoms with E-state index >= 15 is 0 Å². The lowest BCUT2D eigenvalue weighted by Crippen LogP contribution is -2.16. The molecule has 17 heavy (non-hydrogen) atoms. The van der Waals surface area contributed by atoms with Gasteiger partial charge in [0.2, 0.25) is 0 Å². The largest absolute Gasteiger partial charge is 0.129 e. The fourth-order valence-electron chi connectivity index (χ4n) is 1.24. The van der Waals surface area contributed by atoms with Crippen molar-refractivity contribution >= 4 is 8.07 Å². The van der Waals surface area contributed by atoms with Gasteiger partial charge in [-0.15, -0.1) is 12.1 Å². The molecule has 0 saturated carbocycles. The summed E-state index contributed by atoms with van der Waals surface area (Å²) in [5.41, 5.74) is 3.33. The van der Waals surface area contributed by atoms with Crippen molar-refractivity contribution in [1.29, 1.82) is 0 Å². The van der Waals surface area contributed by atoms with Crippen LogP contribution in [0.4, 0.5) is 0 Å². The van der Waals surface area contributed by atoms with E-state index in [0.717, 1.165) is 12.8 Å². The van der Waals surface area contributed by atoms with Crippen molar-refractivity contribution in [2.45, 2.75) is 51.7 Å². The van der Waals surface area contributed by atoms with Crippen molar-refractivity contribution < 1.29 is 0 Å². The summed E-state index contributed by atoms with van der Waals surface area (Å²) in [7, 11) is -1.18. The molecule has 0 amide bonds. The lowest BCUT2D eigenvalue weighted by Gasteiger charge is -2.02. The maximum absolute atomic E-state index is 3.68. The van der Waals surface area contributed by atoms with Gasteiger partial charge < -0.3 is 0 Å². The molecule has 0 aromatic rings. The summed E-state index contributed by atoms with van der Waals surface area (Å²) >= 11 is 0. The van der Waals surface area contributed by atoms with E-state index in [4.69, 9.17) is 0 Å². The summed E-state index contributed by atoms with van der Waals surface area (Å²) < 4.78 is 0. The van der Waals surface area contributed by atoms with Gasteiger partial charge in [-0.25, -0.2) is 0 Å². The monoisotopic (exact) mass is 246 g/mol. The Labute approximate surface area is 109 Å². The molecule has 0 aliphatic carbocycles. The second-order valence-electron chi connectivity index (χ2n) is 5.20. The minimum Gasteiger partial charge on any atom is -0.127 e. The Hall–Kier alpha value is -1.00. The molecule has 0 aliphatic heterocycles. The zero-order valence-electron chi connectivity index (χ0n) is 11.6. The molecule has 0 unspecified atom stereocenters. The van der Waals surface area contributed by atoms with Gasteiger partial charge in [-0.2, -0.15) is 0 Å². The van der Waals surface area contributed by atoms with Gasteiger partial charge in [-0.1, -0.05) is 49.9 Å². The lowest BCUT2D eigenvalue weighted by molar-refractivity contribution is 0.761. The van der Waals surface area contributed by atoms with Crippen LogP contribution in [0.2, 0.25) is 19.6 Å². The van der Waals surface area contributed by atoms with E-state index in [1.54, 1.807) is 0 Å². The molecule has 0 aromatic heterocycles. The van der Waals surface area contributed by atoms with Crippen molar-refractivity contribution in [1.82, 2.24) is 0 Å². The van der Waals surface area contributed by atoms with E-state index in [9.17, 15) is 0 Å². The number of hydrogen-bond acceptors (Lipinski definition) is 0. The highest BCUT2D eigenvalue weighted by Gasteiger charge is 2.06. The third kappa shape index (κ3) is 15.0. The summed E-state index contributed by atoms with van der Waals surface area (Å²) in [6, 6.07) is 0. The topological polar surface area (TPSA) is 0 Å². The summed E-state index contributed by atoms with van der Waals surface area (Å²) in [5.74, 6) is 3.15. The number of rotatable bonds is 7. The number of unbranched alkanes of at least 4 members (excludes halogenated alkanes) is 3. The third-order valence-corrected chi connectivity index (χ3v) is 3.00. The van der Waals surface area contributed by atoms with Crippen LogP contribution in [0.25, 0.3) is 0 Å². The molecule has 0 radical (unpaired) electrons. The molecule has 1 heteroatoms. The van der Waals surface area contributed by atoms with E-state index in [1.165, 1.54) is 19.3 Å². The first-order chi connectivity index (χ1) is 8.06. The van der Waals surface area contributed by atoms with Crippen LogP contribution in [0, 0.1) is 11.5 Å². The van der Waals surface area contributed by atoms with Crippen molar-refractivity contribution in [2.75, 3.05) is 0 Å². The molecular weight excluding hydrogens is 220 g/mol. The Morgan fingerprint density at radius 1 is 1.00 bits per heavy atom. The summed E-state index contributed by atoms with van der Waals surface area (Å²) in [4.78, 5) is 0. The fourth-order valence-corrected chi connectivity index (χ4v) is 1.75. The molecule has 0 N–H and O–H groups in total. The molecule has 0 nitrogen and oxygen atoms in total. The van der Waals surface area contributed by atoms with Gasteiger partial charge in [-0.05, 0) is 38.2 Å². The molecular formula is C16H26Si. The van der Waals surface area contributed by atoms with Gasteiger partial charge in [0.25, 0.3) is 0 Å². The average Bonchev–Trinajstić information content (AvgIpc) is 2.24. The highest BCUT2D eigenvalue weighted by molar-refractivity contribution is 6.83. The zero-order chi connectivity index (χ0) is 13.0. The van der Waals surface area contributed by atoms with E-state index in [-0.39, 0.29) is 0 Å². The van der Waals surface area contributed by atoms with E-state index < -0.39 is 8.07 Å². The van der Waals surface area contributed by atoms with Gasteiger partial charge in [0.15, 0.2) is 0 Å². The molecule has 0 rings (SSSR count). The summed E-state index contributed by atoms with van der Waals surface area (Å²) in [6.07, 6.45) is 16.4. The van der Waals surface area contributed by atoms with Gasteiger partial charge in [0, 0.05) is 0 Å². The minimum atomic E-state index is -1.18. The van der Waals surface area contributed by atoms with Crippen LogP contribution in [0.15, 0.2) is 37.0 Å². The maximum Gasteiger partial charge on any atom is 0.129 e. The third-order valence-electron chi connectivity index (χ3n) is 2.11. The van der Waals surface area contributed by atoms with Crippen LogP contribution in [0.5, 0.6) is 0 Å². The van der Waals surface area contributed by atoms with Crippen LogP contribution in [0.1, 0.15) is 32.1 Å². The van der Waals surface area contributed by atoms with Crippen LogP contribution >= 0.6 is 0 Å². The molecule has 0 aliphatic rings. The van der Waals surface area contributed by atoms with Crippen molar-refractivity contribution in [3.8, 4) is 11.5 Å². The quantitative estimate of drug-likeness (QED) is 0.253. The van der Waals surface area contributed by atoms with Crippen LogP contribution in [-0.2, 0) is 0 Å². The van der Waals surface area contributed by atoms with Crippen LogP contribution < -0.4 is 0 Å². The number of hydrogen-bond donors (Lipinski definition) is 0. The molecule has 0 atom stereocenters. The Balaban J connectivity index is 3.48.